The summed E-state index contributed by atoms with van der Waals surface area (Å²) in [5.74, 6) is 0. The minimum atomic E-state index is -0.784. The second kappa shape index (κ2) is 15.4. The lowest BCUT2D eigenvalue weighted by molar-refractivity contribution is 0.590. The Hall–Kier alpha value is -7.22. The Morgan fingerprint density at radius 1 is 0.295 bits per heavy atom. The minimum absolute atomic E-state index is 0.0394. The smallest absolute Gasteiger partial charge is 0.0711 e. The first kappa shape index (κ1) is 38.0. The molecule has 0 fully saturated rings. The monoisotopic (exact) mass is 783 g/mol. The number of aromatic nitrogens is 1. The molecule has 0 spiro atoms. The maximum Gasteiger partial charge on any atom is 0.0711 e. The highest BCUT2D eigenvalue weighted by atomic mass is 15.0. The molecule has 0 aliphatic carbocycles. The number of benzene rings is 9. The molecule has 294 valence electrons. The summed E-state index contributed by atoms with van der Waals surface area (Å²) in [6, 6.07) is 90.3. The third-order valence-corrected chi connectivity index (χ3v) is 12.8. The van der Waals surface area contributed by atoms with Gasteiger partial charge in [-0.05, 0) is 79.8 Å². The second-order valence-electron chi connectivity index (χ2n) is 17.2. The van der Waals surface area contributed by atoms with Crippen molar-refractivity contribution in [2.24, 2.45) is 0 Å². The lowest BCUT2D eigenvalue weighted by Gasteiger charge is -2.44. The average Bonchev–Trinajstić information content (AvgIpc) is 3.66. The second-order valence-corrected chi connectivity index (χ2v) is 17.2. The van der Waals surface area contributed by atoms with Crippen LogP contribution >= 0.6 is 0 Å². The summed E-state index contributed by atoms with van der Waals surface area (Å²) in [5.41, 5.74) is 13.0. The highest BCUT2D eigenvalue weighted by molar-refractivity contribution is 6.12. The van der Waals surface area contributed by atoms with E-state index in [1.54, 1.807) is 0 Å². The summed E-state index contributed by atoms with van der Waals surface area (Å²) in [6.45, 7) is 6.85. The zero-order chi connectivity index (χ0) is 41.4. The van der Waals surface area contributed by atoms with Gasteiger partial charge in [0.05, 0.1) is 21.9 Å². The lowest BCUT2D eigenvalue weighted by atomic mass is 9.57. The molecule has 0 bridgehead atoms. The Bertz CT molecular complexity index is 2860. The molecule has 10 aromatic rings. The molecule has 0 radical (unpaired) electrons. The summed E-state index contributed by atoms with van der Waals surface area (Å²) in [5, 5.41) is 2.45. The van der Waals surface area contributed by atoms with Gasteiger partial charge in [0.2, 0.25) is 0 Å². The summed E-state index contributed by atoms with van der Waals surface area (Å²) < 4.78 is 2.49. The van der Waals surface area contributed by atoms with E-state index in [-0.39, 0.29) is 5.41 Å². The van der Waals surface area contributed by atoms with Gasteiger partial charge in [0, 0.05) is 16.5 Å². The highest BCUT2D eigenvalue weighted by Crippen LogP contribution is 2.56. The largest absolute Gasteiger partial charge is 0.309 e. The molecule has 0 N–H and O–H groups in total. The molecule has 1 heterocycles. The number of hydrogen-bond acceptors (Lipinski definition) is 0. The Labute approximate surface area is 360 Å². The summed E-state index contributed by atoms with van der Waals surface area (Å²) in [6.07, 6.45) is 0. The van der Waals surface area contributed by atoms with Crippen molar-refractivity contribution in [3.8, 4) is 5.69 Å². The number of nitrogens with zero attached hydrogens (tertiary/aromatic N) is 1. The van der Waals surface area contributed by atoms with E-state index in [2.05, 4.69) is 268 Å². The van der Waals surface area contributed by atoms with E-state index in [1.165, 1.54) is 71.9 Å². The topological polar surface area (TPSA) is 4.93 Å². The van der Waals surface area contributed by atoms with Crippen LogP contribution in [0.2, 0.25) is 0 Å². The zero-order valence-corrected chi connectivity index (χ0v) is 35.0. The molecule has 1 heteroatoms. The van der Waals surface area contributed by atoms with E-state index in [1.807, 2.05) is 0 Å². The van der Waals surface area contributed by atoms with Crippen LogP contribution < -0.4 is 0 Å². The predicted molar refractivity (Wildman–Crippen MR) is 256 cm³/mol. The number of fused-ring (bicyclic) bond motifs is 3. The van der Waals surface area contributed by atoms with Crippen LogP contribution in [0.15, 0.2) is 243 Å². The number of para-hydroxylation sites is 1. The van der Waals surface area contributed by atoms with Crippen LogP contribution in [-0.4, -0.2) is 4.57 Å². The standard InChI is InChI=1S/C60H49N/c1-58(2,3)44-38-40-51(41-39-44)61-54-37-23-22-36-52(54)56-55(61)43-42-53(59(45-24-10-4-11-25-45,46-26-12-5-13-27-46)47-28-14-6-15-29-47)57(56)60(48-30-16-7-17-31-48,49-32-18-8-19-33-49)50-34-20-9-21-35-50/h4-43H,1-3H3. The molecule has 0 unspecified atom stereocenters. The molecule has 0 amide bonds. The molecule has 0 saturated heterocycles. The molecule has 9 aromatic carbocycles. The Kier molecular flexibility index (Phi) is 9.61. The van der Waals surface area contributed by atoms with Gasteiger partial charge >= 0.3 is 0 Å². The van der Waals surface area contributed by atoms with Crippen molar-refractivity contribution in [3.63, 3.8) is 0 Å². The fraction of sp³-hybridized carbons (Fsp3) is 0.100. The van der Waals surface area contributed by atoms with Gasteiger partial charge < -0.3 is 4.57 Å². The van der Waals surface area contributed by atoms with Gasteiger partial charge in [-0.15, -0.1) is 0 Å². The molecule has 0 aliphatic heterocycles. The predicted octanol–water partition coefficient (Wildman–Crippen LogP) is 14.8. The van der Waals surface area contributed by atoms with E-state index < -0.39 is 10.8 Å². The van der Waals surface area contributed by atoms with Gasteiger partial charge in [-0.1, -0.05) is 239 Å². The van der Waals surface area contributed by atoms with Gasteiger partial charge in [-0.25, -0.2) is 0 Å². The fourth-order valence-electron chi connectivity index (χ4n) is 10.2. The van der Waals surface area contributed by atoms with E-state index in [4.69, 9.17) is 0 Å². The van der Waals surface area contributed by atoms with E-state index in [0.29, 0.717) is 0 Å². The van der Waals surface area contributed by atoms with Crippen molar-refractivity contribution in [2.75, 3.05) is 0 Å². The summed E-state index contributed by atoms with van der Waals surface area (Å²) in [4.78, 5) is 0. The molecular weight excluding hydrogens is 735 g/mol. The first-order valence-corrected chi connectivity index (χ1v) is 21.4. The number of hydrogen-bond donors (Lipinski definition) is 0. The van der Waals surface area contributed by atoms with E-state index >= 15 is 0 Å². The third-order valence-electron chi connectivity index (χ3n) is 12.8. The van der Waals surface area contributed by atoms with Crippen LogP contribution in [0, 0.1) is 0 Å². The molecular formula is C60H49N. The van der Waals surface area contributed by atoms with Crippen molar-refractivity contribution in [1.29, 1.82) is 0 Å². The Morgan fingerprint density at radius 2 is 0.656 bits per heavy atom. The summed E-state index contributed by atoms with van der Waals surface area (Å²) >= 11 is 0. The fourth-order valence-corrected chi connectivity index (χ4v) is 10.2. The van der Waals surface area contributed by atoms with Gasteiger partial charge in [0.15, 0.2) is 0 Å². The van der Waals surface area contributed by atoms with Crippen LogP contribution in [0.5, 0.6) is 0 Å². The maximum absolute atomic E-state index is 2.49. The van der Waals surface area contributed by atoms with Crippen LogP contribution in [0.4, 0.5) is 0 Å². The summed E-state index contributed by atoms with van der Waals surface area (Å²) in [7, 11) is 0. The third kappa shape index (κ3) is 6.15. The zero-order valence-electron chi connectivity index (χ0n) is 35.0. The van der Waals surface area contributed by atoms with Crippen molar-refractivity contribution < 1.29 is 0 Å². The van der Waals surface area contributed by atoms with Crippen LogP contribution in [0.1, 0.15) is 70.8 Å². The van der Waals surface area contributed by atoms with Gasteiger partial charge in [-0.2, -0.15) is 0 Å². The first-order chi connectivity index (χ1) is 29.9. The van der Waals surface area contributed by atoms with Crippen LogP contribution in [-0.2, 0) is 16.2 Å². The van der Waals surface area contributed by atoms with Crippen molar-refractivity contribution in [2.45, 2.75) is 37.0 Å². The molecule has 61 heavy (non-hydrogen) atoms. The van der Waals surface area contributed by atoms with Gasteiger partial charge in [0.1, 0.15) is 0 Å². The first-order valence-electron chi connectivity index (χ1n) is 21.4. The molecule has 1 nitrogen and oxygen atoms in total. The van der Waals surface area contributed by atoms with Crippen molar-refractivity contribution >= 4 is 21.8 Å². The molecule has 0 aliphatic rings. The van der Waals surface area contributed by atoms with Crippen molar-refractivity contribution in [3.05, 3.63) is 293 Å². The van der Waals surface area contributed by atoms with Gasteiger partial charge in [0.25, 0.3) is 0 Å². The van der Waals surface area contributed by atoms with Crippen LogP contribution in [0.3, 0.4) is 0 Å². The molecule has 0 saturated carbocycles. The molecule has 0 atom stereocenters. The van der Waals surface area contributed by atoms with Crippen LogP contribution in [0.25, 0.3) is 27.5 Å². The van der Waals surface area contributed by atoms with Gasteiger partial charge in [-0.3, -0.25) is 0 Å². The average molecular weight is 784 g/mol. The van der Waals surface area contributed by atoms with E-state index in [0.717, 1.165) is 5.69 Å². The number of rotatable bonds is 9. The quantitative estimate of drug-likeness (QED) is 0.129. The van der Waals surface area contributed by atoms with E-state index in [9.17, 15) is 0 Å². The molecule has 10 rings (SSSR count). The van der Waals surface area contributed by atoms with Crippen molar-refractivity contribution in [1.82, 2.24) is 4.57 Å². The normalized spacial score (nSPS) is 12.2. The maximum atomic E-state index is 2.49. The Morgan fingerprint density at radius 3 is 1.05 bits per heavy atom. The minimum Gasteiger partial charge on any atom is -0.309 e. The molecule has 1 aromatic heterocycles. The SMILES string of the molecule is CC(C)(C)c1ccc(-n2c3ccccc3c3c(C(c4ccccc4)(c4ccccc4)c4ccccc4)c(C(c4ccccc4)(c4ccccc4)c4ccccc4)ccc32)cc1. The lowest BCUT2D eigenvalue weighted by Crippen LogP contribution is -2.38. The Balaban J connectivity index is 1.51. The highest BCUT2D eigenvalue weighted by Gasteiger charge is 2.48.